The average molecular weight is 621 g/mol. The summed E-state index contributed by atoms with van der Waals surface area (Å²) in [5.41, 5.74) is 0. The van der Waals surface area contributed by atoms with Crippen LogP contribution in [-0.4, -0.2) is 100 Å². The van der Waals surface area contributed by atoms with Crippen molar-refractivity contribution in [2.45, 2.75) is 69.9 Å². The minimum absolute atomic E-state index is 0.239. The highest BCUT2D eigenvalue weighted by Gasteiger charge is 2.56. The summed E-state index contributed by atoms with van der Waals surface area (Å²) in [5.74, 6) is 0. The van der Waals surface area contributed by atoms with Crippen LogP contribution >= 0.6 is 0 Å². The van der Waals surface area contributed by atoms with Crippen LogP contribution in [0, 0.1) is 0 Å². The lowest BCUT2D eigenvalue weighted by Gasteiger charge is -2.47. The van der Waals surface area contributed by atoms with E-state index in [1.807, 2.05) is 43.4 Å². The highest BCUT2D eigenvalue weighted by Crippen LogP contribution is 2.34. The van der Waals surface area contributed by atoms with Gasteiger partial charge in [-0.3, -0.25) is 0 Å². The van der Waals surface area contributed by atoms with Crippen LogP contribution in [0.1, 0.15) is 12.8 Å². The molecule has 0 aromatic heterocycles. The number of benzene rings is 1. The van der Waals surface area contributed by atoms with Crippen LogP contribution in [0.3, 0.4) is 0 Å². The SMILES string of the molecule is C[SiH]1O[Si](C)(CCCOCC2CO2)O[Si](C)(CCCOCC2CO2)O[Si](C)(O[Si](C)(O)c2ccccc2)O1. The second kappa shape index (κ2) is 13.3. The molecule has 0 spiro atoms. The third-order valence-corrected chi connectivity index (χ3v) is 26.6. The van der Waals surface area contributed by atoms with Crippen LogP contribution in [-0.2, 0) is 39.5 Å². The predicted molar refractivity (Wildman–Crippen MR) is 153 cm³/mol. The number of epoxide rings is 2. The Morgan fingerprint density at radius 2 is 1.45 bits per heavy atom. The molecule has 1 aromatic carbocycles. The van der Waals surface area contributed by atoms with Crippen LogP contribution in [0.5, 0.6) is 0 Å². The van der Waals surface area contributed by atoms with E-state index < -0.39 is 43.8 Å². The first-order chi connectivity index (χ1) is 18.0. The molecule has 0 saturated carbocycles. The smallest absolute Gasteiger partial charge is 0.418 e. The molecule has 15 heteroatoms. The lowest BCUT2D eigenvalue weighted by Crippen LogP contribution is -2.68. The maximum atomic E-state index is 11.4. The lowest BCUT2D eigenvalue weighted by molar-refractivity contribution is 0.113. The quantitative estimate of drug-likeness (QED) is 0.178. The highest BCUT2D eigenvalue weighted by molar-refractivity contribution is 6.92. The molecule has 7 unspecified atom stereocenters. The summed E-state index contributed by atoms with van der Waals surface area (Å²) < 4.78 is 55.4. The van der Waals surface area contributed by atoms with Gasteiger partial charge in [0.2, 0.25) is 0 Å². The van der Waals surface area contributed by atoms with Gasteiger partial charge in [-0.1, -0.05) is 30.3 Å². The van der Waals surface area contributed by atoms with Crippen molar-refractivity contribution in [3.63, 3.8) is 0 Å². The van der Waals surface area contributed by atoms with Gasteiger partial charge in [0.15, 0.2) is 0 Å². The standard InChI is InChI=1S/C23H44O10Si5/c1-34-29-35(2,15-9-13-25-17-21-19-27-21)31-36(3,16-10-14-26-18-22-20-28-22)32-38(5,30-34)33-37(4,24)23-11-7-6-8-12-23/h6-8,11-12,21-22,24,34H,9-10,13-20H2,1-5H3. The van der Waals surface area contributed by atoms with Gasteiger partial charge in [0.05, 0.1) is 26.4 Å². The summed E-state index contributed by atoms with van der Waals surface area (Å²) in [6.07, 6.45) is 2.12. The van der Waals surface area contributed by atoms with Crippen molar-refractivity contribution >= 4 is 49.0 Å². The van der Waals surface area contributed by atoms with Gasteiger partial charge >= 0.3 is 43.8 Å². The highest BCUT2D eigenvalue weighted by atomic mass is 28.5. The number of ether oxygens (including phenoxy) is 4. The van der Waals surface area contributed by atoms with Crippen LogP contribution in [0.25, 0.3) is 0 Å². The van der Waals surface area contributed by atoms with Crippen molar-refractivity contribution < 1.29 is 44.3 Å². The van der Waals surface area contributed by atoms with Gasteiger partial charge in [0, 0.05) is 19.8 Å². The van der Waals surface area contributed by atoms with Crippen molar-refractivity contribution in [2.75, 3.05) is 39.6 Å². The van der Waals surface area contributed by atoms with E-state index in [-0.39, 0.29) is 12.2 Å². The zero-order valence-corrected chi connectivity index (χ0v) is 28.5. The third-order valence-electron chi connectivity index (χ3n) is 6.57. The fourth-order valence-electron chi connectivity index (χ4n) is 4.77. The second-order valence-electron chi connectivity index (χ2n) is 10.9. The monoisotopic (exact) mass is 620 g/mol. The Hall–Kier alpha value is -0.0956. The maximum absolute atomic E-state index is 11.4. The van der Waals surface area contributed by atoms with Crippen molar-refractivity contribution in [2.24, 2.45) is 0 Å². The molecular formula is C23H44O10Si5. The molecule has 0 aliphatic carbocycles. The molecule has 1 N–H and O–H groups in total. The topological polar surface area (TPSA) is 110 Å². The molecular weight excluding hydrogens is 577 g/mol. The summed E-state index contributed by atoms with van der Waals surface area (Å²) >= 11 is 0. The van der Waals surface area contributed by atoms with Crippen LogP contribution in [0.2, 0.25) is 44.8 Å². The van der Waals surface area contributed by atoms with E-state index in [0.717, 1.165) is 37.3 Å². The van der Waals surface area contributed by atoms with Gasteiger partial charge in [-0.05, 0) is 56.3 Å². The van der Waals surface area contributed by atoms with Gasteiger partial charge < -0.3 is 44.3 Å². The minimum Gasteiger partial charge on any atom is -0.418 e. The van der Waals surface area contributed by atoms with Gasteiger partial charge in [0.25, 0.3) is 0 Å². The summed E-state index contributed by atoms with van der Waals surface area (Å²) in [5, 5.41) is 0.772. The van der Waals surface area contributed by atoms with Crippen molar-refractivity contribution in [3.05, 3.63) is 30.3 Å². The zero-order chi connectivity index (χ0) is 27.3. The molecule has 7 atom stereocenters. The van der Waals surface area contributed by atoms with E-state index >= 15 is 0 Å². The molecule has 10 nitrogen and oxygen atoms in total. The fourth-order valence-corrected chi connectivity index (χ4v) is 27.8. The largest absolute Gasteiger partial charge is 0.470 e. The van der Waals surface area contributed by atoms with E-state index in [2.05, 4.69) is 13.1 Å². The van der Waals surface area contributed by atoms with Crippen molar-refractivity contribution in [3.8, 4) is 0 Å². The Kier molecular flexibility index (Phi) is 10.8. The molecule has 4 rings (SSSR count). The zero-order valence-electron chi connectivity index (χ0n) is 23.3. The van der Waals surface area contributed by atoms with Crippen molar-refractivity contribution in [1.29, 1.82) is 0 Å². The Morgan fingerprint density at radius 1 is 0.895 bits per heavy atom. The predicted octanol–water partition coefficient (Wildman–Crippen LogP) is 2.23. The minimum atomic E-state index is -3.32. The fraction of sp³-hybridized carbons (Fsp3) is 0.739. The van der Waals surface area contributed by atoms with E-state index in [1.165, 1.54) is 0 Å². The molecule has 3 saturated heterocycles. The Morgan fingerprint density at radius 3 is 2.00 bits per heavy atom. The number of rotatable bonds is 15. The molecule has 3 fully saturated rings. The van der Waals surface area contributed by atoms with E-state index in [4.69, 9.17) is 39.5 Å². The Balaban J connectivity index is 1.43. The maximum Gasteiger partial charge on any atom is 0.470 e. The van der Waals surface area contributed by atoms with E-state index in [1.54, 1.807) is 6.55 Å². The molecule has 3 heterocycles. The summed E-state index contributed by atoms with van der Waals surface area (Å²) in [4.78, 5) is 11.4. The molecule has 3 aliphatic heterocycles. The molecule has 0 bridgehead atoms. The summed E-state index contributed by atoms with van der Waals surface area (Å²) in [6, 6.07) is 11.0. The first kappa shape index (κ1) is 30.9. The third kappa shape index (κ3) is 10.1. The lowest BCUT2D eigenvalue weighted by atomic mass is 10.4. The van der Waals surface area contributed by atoms with Gasteiger partial charge in [-0.2, -0.15) is 0 Å². The molecule has 216 valence electrons. The second-order valence-corrected chi connectivity index (χ2v) is 26.1. The van der Waals surface area contributed by atoms with Crippen molar-refractivity contribution in [1.82, 2.24) is 0 Å². The van der Waals surface area contributed by atoms with Gasteiger partial charge in [0.1, 0.15) is 12.2 Å². The van der Waals surface area contributed by atoms with E-state index in [0.29, 0.717) is 32.5 Å². The number of hydrogen-bond acceptors (Lipinski definition) is 10. The Bertz CT molecular complexity index is 879. The van der Waals surface area contributed by atoms with Crippen LogP contribution in [0.4, 0.5) is 0 Å². The molecule has 0 amide bonds. The molecule has 3 aliphatic rings. The molecule has 38 heavy (non-hydrogen) atoms. The first-order valence-electron chi connectivity index (χ1n) is 13.6. The van der Waals surface area contributed by atoms with Gasteiger partial charge in [-0.25, -0.2) is 0 Å². The van der Waals surface area contributed by atoms with Gasteiger partial charge in [-0.15, -0.1) is 0 Å². The van der Waals surface area contributed by atoms with E-state index in [9.17, 15) is 4.80 Å². The Labute approximate surface area is 232 Å². The molecule has 1 aromatic rings. The summed E-state index contributed by atoms with van der Waals surface area (Å²) in [7, 11) is -14.3. The normalized spacial score (nSPS) is 36.7. The first-order valence-corrected chi connectivity index (χ1v) is 25.3. The average Bonchev–Trinajstić information content (AvgIpc) is 3.73. The van der Waals surface area contributed by atoms with Crippen LogP contribution in [0.15, 0.2) is 30.3 Å². The number of hydrogen-bond donors (Lipinski definition) is 1. The molecule has 0 radical (unpaired) electrons. The summed E-state index contributed by atoms with van der Waals surface area (Å²) in [6.45, 7) is 13.9. The van der Waals surface area contributed by atoms with Crippen LogP contribution < -0.4 is 5.19 Å².